The Bertz CT molecular complexity index is 595. The summed E-state index contributed by atoms with van der Waals surface area (Å²) in [5, 5.41) is 7.06. The van der Waals surface area contributed by atoms with E-state index in [2.05, 4.69) is 19.9 Å². The van der Waals surface area contributed by atoms with Crippen molar-refractivity contribution in [2.45, 2.75) is 39.0 Å². The van der Waals surface area contributed by atoms with E-state index in [9.17, 15) is 8.42 Å². The molecule has 1 aliphatic heterocycles. The van der Waals surface area contributed by atoms with E-state index in [0.29, 0.717) is 37.3 Å². The number of nitrogens with one attached hydrogen (secondary N) is 2. The van der Waals surface area contributed by atoms with Gasteiger partial charge in [0, 0.05) is 25.6 Å². The van der Waals surface area contributed by atoms with Gasteiger partial charge in [-0.05, 0) is 38.0 Å². The molecule has 0 bridgehead atoms. The zero-order valence-electron chi connectivity index (χ0n) is 12.5. The van der Waals surface area contributed by atoms with Crippen LogP contribution in [0.3, 0.4) is 0 Å². The Hall–Kier alpha value is -0.990. The summed E-state index contributed by atoms with van der Waals surface area (Å²) in [5.74, 6) is 2.67. The number of nitrogens with zero attached hydrogens (tertiary/aromatic N) is 3. The van der Waals surface area contributed by atoms with E-state index >= 15 is 0 Å². The van der Waals surface area contributed by atoms with Crippen LogP contribution >= 0.6 is 0 Å². The van der Waals surface area contributed by atoms with Gasteiger partial charge < -0.3 is 0 Å². The molecule has 0 radical (unpaired) electrons. The summed E-state index contributed by atoms with van der Waals surface area (Å²) >= 11 is 0. The van der Waals surface area contributed by atoms with Crippen LogP contribution in [-0.4, -0.2) is 47.5 Å². The van der Waals surface area contributed by atoms with Gasteiger partial charge >= 0.3 is 0 Å². The third-order valence-electron chi connectivity index (χ3n) is 4.40. The van der Waals surface area contributed by atoms with Gasteiger partial charge in [0.15, 0.2) is 0 Å². The molecule has 1 aromatic rings. The van der Waals surface area contributed by atoms with Crippen LogP contribution in [0.15, 0.2) is 0 Å². The summed E-state index contributed by atoms with van der Waals surface area (Å²) in [6, 6.07) is 0. The molecule has 2 atom stereocenters. The largest absolute Gasteiger partial charge is 0.279 e. The van der Waals surface area contributed by atoms with Gasteiger partial charge in [0.2, 0.25) is 0 Å². The summed E-state index contributed by atoms with van der Waals surface area (Å²) in [6.07, 6.45) is 3.19. The van der Waals surface area contributed by atoms with E-state index in [4.69, 9.17) is 0 Å². The SMILES string of the molecule is CCCNS(=O)(=O)N1C[C@@H](c2nc(C)n[nH]2)[C@H](C2CC2)C1. The Morgan fingerprint density at radius 3 is 2.71 bits per heavy atom. The van der Waals surface area contributed by atoms with Crippen molar-refractivity contribution in [3.8, 4) is 0 Å². The quantitative estimate of drug-likeness (QED) is 0.812. The van der Waals surface area contributed by atoms with Crippen LogP contribution in [0.4, 0.5) is 0 Å². The van der Waals surface area contributed by atoms with Gasteiger partial charge in [-0.15, -0.1) is 0 Å². The lowest BCUT2D eigenvalue weighted by Gasteiger charge is -2.16. The van der Waals surface area contributed by atoms with E-state index in [-0.39, 0.29) is 5.92 Å². The Morgan fingerprint density at radius 2 is 2.14 bits per heavy atom. The molecule has 8 heteroatoms. The van der Waals surface area contributed by atoms with Crippen molar-refractivity contribution in [3.05, 3.63) is 11.6 Å². The maximum Gasteiger partial charge on any atom is 0.279 e. The average Bonchev–Trinajstić information content (AvgIpc) is 3.03. The third-order valence-corrected chi connectivity index (χ3v) is 5.95. The molecular weight excluding hydrogens is 290 g/mol. The number of aromatic amines is 1. The second-order valence-electron chi connectivity index (χ2n) is 6.09. The van der Waals surface area contributed by atoms with Crippen LogP contribution in [0.1, 0.15) is 43.8 Å². The topological polar surface area (TPSA) is 91.0 Å². The number of rotatable bonds is 6. The van der Waals surface area contributed by atoms with E-state index in [1.165, 1.54) is 12.8 Å². The molecule has 1 saturated heterocycles. The standard InChI is InChI=1S/C13H23N5O2S/c1-3-6-14-21(19,20)18-7-11(10-4-5-10)12(8-18)13-15-9(2)16-17-13/h10-12,14H,3-8H2,1-2H3,(H,15,16,17)/t11-,12+/m0/s1. The van der Waals surface area contributed by atoms with Gasteiger partial charge in [0.1, 0.15) is 11.6 Å². The molecule has 2 fully saturated rings. The van der Waals surface area contributed by atoms with E-state index < -0.39 is 10.2 Å². The minimum absolute atomic E-state index is 0.136. The van der Waals surface area contributed by atoms with Crippen LogP contribution in [0.5, 0.6) is 0 Å². The van der Waals surface area contributed by atoms with Crippen molar-refractivity contribution in [1.29, 1.82) is 0 Å². The first-order valence-corrected chi connectivity index (χ1v) is 9.09. The molecule has 118 valence electrons. The lowest BCUT2D eigenvalue weighted by molar-refractivity contribution is 0.420. The van der Waals surface area contributed by atoms with Crippen LogP contribution in [-0.2, 0) is 10.2 Å². The number of hydrogen-bond acceptors (Lipinski definition) is 4. The summed E-state index contributed by atoms with van der Waals surface area (Å²) in [6.45, 7) is 5.37. The molecule has 1 aliphatic carbocycles. The highest BCUT2D eigenvalue weighted by atomic mass is 32.2. The first-order valence-electron chi connectivity index (χ1n) is 7.65. The highest BCUT2D eigenvalue weighted by Gasteiger charge is 2.47. The second kappa shape index (κ2) is 5.66. The molecule has 21 heavy (non-hydrogen) atoms. The molecule has 0 aromatic carbocycles. The fourth-order valence-electron chi connectivity index (χ4n) is 3.13. The lowest BCUT2D eigenvalue weighted by atomic mass is 9.91. The molecule has 0 spiro atoms. The Balaban J connectivity index is 1.78. The first kappa shape index (κ1) is 14.9. The molecule has 1 saturated carbocycles. The number of hydrogen-bond donors (Lipinski definition) is 2. The molecule has 2 aliphatic rings. The lowest BCUT2D eigenvalue weighted by Crippen LogP contribution is -2.39. The first-order chi connectivity index (χ1) is 10.0. The molecule has 2 N–H and O–H groups in total. The highest BCUT2D eigenvalue weighted by molar-refractivity contribution is 7.87. The summed E-state index contributed by atoms with van der Waals surface area (Å²) in [7, 11) is -3.37. The Labute approximate surface area is 125 Å². The maximum absolute atomic E-state index is 12.3. The molecule has 1 aromatic heterocycles. The maximum atomic E-state index is 12.3. The number of H-pyrrole nitrogens is 1. The predicted molar refractivity (Wildman–Crippen MR) is 78.9 cm³/mol. The van der Waals surface area contributed by atoms with Crippen LogP contribution in [0, 0.1) is 18.8 Å². The van der Waals surface area contributed by atoms with Crippen LogP contribution < -0.4 is 4.72 Å². The van der Waals surface area contributed by atoms with Gasteiger partial charge in [-0.2, -0.15) is 17.8 Å². The highest BCUT2D eigenvalue weighted by Crippen LogP contribution is 2.47. The normalized spacial score (nSPS) is 27.3. The third kappa shape index (κ3) is 3.12. The molecule has 7 nitrogen and oxygen atoms in total. The molecule has 2 heterocycles. The predicted octanol–water partition coefficient (Wildman–Crippen LogP) is 0.783. The summed E-state index contributed by atoms with van der Waals surface area (Å²) in [5.41, 5.74) is 0. The zero-order chi connectivity index (χ0) is 15.0. The molecule has 3 rings (SSSR count). The van der Waals surface area contributed by atoms with Crippen LogP contribution in [0.25, 0.3) is 0 Å². The van der Waals surface area contributed by atoms with Gasteiger partial charge in [-0.25, -0.2) is 9.71 Å². The molecule has 0 unspecified atom stereocenters. The zero-order valence-corrected chi connectivity index (χ0v) is 13.4. The fourth-order valence-corrected chi connectivity index (χ4v) is 4.50. The van der Waals surface area contributed by atoms with E-state index in [1.807, 2.05) is 13.8 Å². The second-order valence-corrected chi connectivity index (χ2v) is 7.85. The van der Waals surface area contributed by atoms with E-state index in [0.717, 1.165) is 12.2 Å². The van der Waals surface area contributed by atoms with Crippen molar-refractivity contribution in [1.82, 2.24) is 24.2 Å². The Kier molecular flexibility index (Phi) is 4.02. The van der Waals surface area contributed by atoms with Crippen molar-refractivity contribution < 1.29 is 8.42 Å². The molecular formula is C13H23N5O2S. The van der Waals surface area contributed by atoms with Crippen LogP contribution in [0.2, 0.25) is 0 Å². The fraction of sp³-hybridized carbons (Fsp3) is 0.846. The summed E-state index contributed by atoms with van der Waals surface area (Å²) in [4.78, 5) is 4.42. The van der Waals surface area contributed by atoms with Gasteiger partial charge in [0.25, 0.3) is 10.2 Å². The van der Waals surface area contributed by atoms with Gasteiger partial charge in [-0.1, -0.05) is 6.92 Å². The average molecular weight is 313 g/mol. The minimum Gasteiger partial charge on any atom is -0.263 e. The summed E-state index contributed by atoms with van der Waals surface area (Å²) < 4.78 is 28.9. The minimum atomic E-state index is -3.37. The number of aryl methyl sites for hydroxylation is 1. The monoisotopic (exact) mass is 313 g/mol. The Morgan fingerprint density at radius 1 is 1.38 bits per heavy atom. The van der Waals surface area contributed by atoms with E-state index in [1.54, 1.807) is 4.31 Å². The van der Waals surface area contributed by atoms with Crippen molar-refractivity contribution in [2.75, 3.05) is 19.6 Å². The van der Waals surface area contributed by atoms with Gasteiger partial charge in [-0.3, -0.25) is 5.10 Å². The smallest absolute Gasteiger partial charge is 0.263 e. The molecule has 0 amide bonds. The van der Waals surface area contributed by atoms with Crippen molar-refractivity contribution in [2.24, 2.45) is 11.8 Å². The van der Waals surface area contributed by atoms with Crippen molar-refractivity contribution >= 4 is 10.2 Å². The van der Waals surface area contributed by atoms with Crippen molar-refractivity contribution in [3.63, 3.8) is 0 Å². The van der Waals surface area contributed by atoms with Gasteiger partial charge in [0.05, 0.1) is 0 Å². The number of aromatic nitrogens is 3.